The molecule has 6 aliphatic rings. The molecular weight excluding hydrogens is 926 g/mol. The average molecular weight is 990 g/mol. The van der Waals surface area contributed by atoms with Crippen LogP contribution in [0.25, 0.3) is 0 Å². The van der Waals surface area contributed by atoms with Gasteiger partial charge in [0.1, 0.15) is 165 Å². The lowest BCUT2D eigenvalue weighted by molar-refractivity contribution is -0.399. The van der Waals surface area contributed by atoms with Gasteiger partial charge in [-0.25, -0.2) is 4.90 Å². The number of aliphatic hydroxyl groups is 21. The largest absolute Gasteiger partial charge is 0.394 e. The Balaban J connectivity index is 1.33. The molecule has 6 aliphatic heterocycles. The molecule has 67 heavy (non-hydrogen) atoms. The van der Waals surface area contributed by atoms with Gasteiger partial charge in [-0.3, -0.25) is 0 Å². The maximum absolute atomic E-state index is 11.8. The molecule has 0 aromatic rings. The zero-order chi connectivity index (χ0) is 49.5. The van der Waals surface area contributed by atoms with Crippen molar-refractivity contribution in [3.8, 4) is 0 Å². The highest BCUT2D eigenvalue weighted by Gasteiger charge is 2.61. The quantitative estimate of drug-likeness (QED) is 0.0724. The van der Waals surface area contributed by atoms with Gasteiger partial charge in [-0.1, -0.05) is 0 Å². The molecule has 0 aromatic carbocycles. The summed E-state index contributed by atoms with van der Waals surface area (Å²) >= 11 is 0. The first-order valence-corrected chi connectivity index (χ1v) is 21.2. The molecule has 6 rings (SSSR count). The fourth-order valence-corrected chi connectivity index (χ4v) is 8.88. The van der Waals surface area contributed by atoms with Gasteiger partial charge in [0.2, 0.25) is 0 Å². The lowest BCUT2D eigenvalue weighted by atomic mass is 9.91. The summed E-state index contributed by atoms with van der Waals surface area (Å²) in [7, 11) is 0. The molecule has 30 atom stereocenters. The third kappa shape index (κ3) is 10.7. The van der Waals surface area contributed by atoms with Crippen LogP contribution in [0.4, 0.5) is 0 Å². The molecule has 6 heterocycles. The molecule has 0 bridgehead atoms. The summed E-state index contributed by atoms with van der Waals surface area (Å²) in [4.78, 5) is 0.544. The van der Waals surface area contributed by atoms with Crippen molar-refractivity contribution in [2.75, 3.05) is 39.6 Å². The van der Waals surface area contributed by atoms with Gasteiger partial charge in [0.05, 0.1) is 39.6 Å². The SMILES string of the molecule is OC[C@H]1O[C@@H](O[C@H]2[C@H](O)[C@@H](O)C(N(C3O[C@H](CO)[C@@H](O[C@@H]4O[C@H](CO)[C@H](O)[C@H](O)[C@H]4O)[C@H](O)[C@H]3O)C3O[C@H](CO)[C@@H](O[C@@H]4O[C@H](CO)[C@H](O)[C@H](O)[C@H]4O)[C@H](O)[C@H]3O)O[C@@H]2CO)[C@H](O)[C@@H](O)[C@H]1O. The molecular formula is C36H63NO30. The smallest absolute Gasteiger partial charge is 0.187 e. The van der Waals surface area contributed by atoms with E-state index >= 15 is 0 Å². The van der Waals surface area contributed by atoms with Gasteiger partial charge in [0.25, 0.3) is 0 Å². The summed E-state index contributed by atoms with van der Waals surface area (Å²) in [5.74, 6) is 0. The Morgan fingerprint density at radius 2 is 0.478 bits per heavy atom. The first kappa shape index (κ1) is 55.1. The van der Waals surface area contributed by atoms with E-state index in [1.54, 1.807) is 0 Å². The minimum Gasteiger partial charge on any atom is -0.394 e. The van der Waals surface area contributed by atoms with Crippen molar-refractivity contribution in [2.24, 2.45) is 0 Å². The Morgan fingerprint density at radius 3 is 0.687 bits per heavy atom. The molecule has 0 radical (unpaired) electrons. The summed E-state index contributed by atoms with van der Waals surface area (Å²) in [5.41, 5.74) is 0. The Hall–Kier alpha value is -1.24. The molecule has 31 heteroatoms. The fraction of sp³-hybridized carbons (Fsp3) is 1.00. The highest BCUT2D eigenvalue weighted by molar-refractivity contribution is 5.04. The van der Waals surface area contributed by atoms with Crippen LogP contribution in [0, 0.1) is 0 Å². The van der Waals surface area contributed by atoms with E-state index in [0.29, 0.717) is 4.90 Å². The maximum atomic E-state index is 11.8. The number of hydrogen-bond donors (Lipinski definition) is 21. The minimum absolute atomic E-state index is 0.544. The Labute approximate surface area is 378 Å². The van der Waals surface area contributed by atoms with Crippen LogP contribution in [0.5, 0.6) is 0 Å². The van der Waals surface area contributed by atoms with E-state index in [9.17, 15) is 107 Å². The second kappa shape index (κ2) is 23.1. The number of ether oxygens (including phenoxy) is 9. The molecule has 6 fully saturated rings. The maximum Gasteiger partial charge on any atom is 0.187 e. The second-order valence-corrected chi connectivity index (χ2v) is 17.0. The van der Waals surface area contributed by atoms with E-state index in [0.717, 1.165) is 0 Å². The summed E-state index contributed by atoms with van der Waals surface area (Å²) in [6.07, 6.45) is -60.8. The molecule has 21 N–H and O–H groups in total. The van der Waals surface area contributed by atoms with Crippen molar-refractivity contribution < 1.29 is 150 Å². The molecule has 0 amide bonds. The lowest BCUT2D eigenvalue weighted by Crippen LogP contribution is -2.76. The van der Waals surface area contributed by atoms with E-state index in [4.69, 9.17) is 42.6 Å². The van der Waals surface area contributed by atoms with Gasteiger partial charge in [-0.2, -0.15) is 0 Å². The van der Waals surface area contributed by atoms with Crippen molar-refractivity contribution in [3.63, 3.8) is 0 Å². The molecule has 0 aliphatic carbocycles. The van der Waals surface area contributed by atoms with Crippen LogP contribution in [-0.2, 0) is 42.6 Å². The molecule has 392 valence electrons. The Morgan fingerprint density at radius 1 is 0.254 bits per heavy atom. The highest BCUT2D eigenvalue weighted by atomic mass is 16.7. The van der Waals surface area contributed by atoms with E-state index in [2.05, 4.69) is 0 Å². The van der Waals surface area contributed by atoms with Crippen molar-refractivity contribution in [1.29, 1.82) is 0 Å². The van der Waals surface area contributed by atoms with Crippen LogP contribution >= 0.6 is 0 Å². The zero-order valence-corrected chi connectivity index (χ0v) is 35.1. The van der Waals surface area contributed by atoms with Crippen LogP contribution < -0.4 is 0 Å². The predicted molar refractivity (Wildman–Crippen MR) is 201 cm³/mol. The van der Waals surface area contributed by atoms with Crippen LogP contribution in [0.2, 0.25) is 0 Å². The van der Waals surface area contributed by atoms with E-state index in [1.165, 1.54) is 0 Å². The number of nitrogens with zero attached hydrogens (tertiary/aromatic N) is 1. The van der Waals surface area contributed by atoms with Crippen LogP contribution in [0.15, 0.2) is 0 Å². The molecule has 3 unspecified atom stereocenters. The van der Waals surface area contributed by atoms with Crippen molar-refractivity contribution >= 4 is 0 Å². The molecule has 0 spiro atoms. The van der Waals surface area contributed by atoms with Crippen LogP contribution in [0.3, 0.4) is 0 Å². The van der Waals surface area contributed by atoms with E-state index in [-0.39, 0.29) is 0 Å². The topological polar surface area (TPSA) is 511 Å². The number of rotatable bonds is 15. The molecule has 0 aromatic heterocycles. The number of hydrogen-bond acceptors (Lipinski definition) is 31. The average Bonchev–Trinajstić information content (AvgIpc) is 3.32. The molecule has 0 saturated carbocycles. The van der Waals surface area contributed by atoms with Gasteiger partial charge in [0.15, 0.2) is 18.9 Å². The second-order valence-electron chi connectivity index (χ2n) is 17.0. The van der Waals surface area contributed by atoms with E-state index < -0.39 is 224 Å². The predicted octanol–water partition coefficient (Wildman–Crippen LogP) is -14.8. The first-order valence-electron chi connectivity index (χ1n) is 21.2. The lowest BCUT2D eigenvalue weighted by Gasteiger charge is -2.56. The normalized spacial score (nSPS) is 53.5. The first-order chi connectivity index (χ1) is 31.7. The van der Waals surface area contributed by atoms with Crippen molar-refractivity contribution in [3.05, 3.63) is 0 Å². The summed E-state index contributed by atoms with van der Waals surface area (Å²) in [5, 5.41) is 224. The third-order valence-corrected chi connectivity index (χ3v) is 12.8. The minimum atomic E-state index is -2.43. The summed E-state index contributed by atoms with van der Waals surface area (Å²) < 4.78 is 50.7. The van der Waals surface area contributed by atoms with Gasteiger partial charge < -0.3 is 150 Å². The van der Waals surface area contributed by atoms with Crippen molar-refractivity contribution in [1.82, 2.24) is 4.90 Å². The number of aliphatic hydroxyl groups excluding tert-OH is 21. The van der Waals surface area contributed by atoms with E-state index in [1.807, 2.05) is 0 Å². The molecule has 31 nitrogen and oxygen atoms in total. The molecule has 6 saturated heterocycles. The van der Waals surface area contributed by atoms with Crippen LogP contribution in [0.1, 0.15) is 0 Å². The standard InChI is InChI=1S/C36H63NO30/c38-1-7-13(44)16(47)25(56)34(62-7)65-28-10(4-41)59-31(22(53)19(28)50)37(32-23(54)20(51)29(11(5-42)60-32)66-35-26(57)17(48)14(45)8(2-39)63-35)33-24(55)21(52)30(12(6-43)61-33)67-36-27(58)18(49)15(46)9(3-40)64-36/h7-36,38-58H,1-6H2/t7-,8-,9-,10-,11-,12-,13+,14+,15+,16+,17+,18+,19-,20-,21-,22-,23-,24-,25-,26-,27-,28-,29-,30-,31?,32?,33?,34+,35+,36+/m1/s1. The van der Waals surface area contributed by atoms with Gasteiger partial charge in [-0.15, -0.1) is 0 Å². The van der Waals surface area contributed by atoms with Gasteiger partial charge in [-0.05, 0) is 0 Å². The third-order valence-electron chi connectivity index (χ3n) is 12.8. The Kier molecular flexibility index (Phi) is 19.0. The van der Waals surface area contributed by atoms with Gasteiger partial charge >= 0.3 is 0 Å². The summed E-state index contributed by atoms with van der Waals surface area (Å²) in [6.45, 7) is -6.16. The highest BCUT2D eigenvalue weighted by Crippen LogP contribution is 2.40. The fourth-order valence-electron chi connectivity index (χ4n) is 8.88. The van der Waals surface area contributed by atoms with Crippen LogP contribution in [-0.4, -0.2) is 336 Å². The van der Waals surface area contributed by atoms with Crippen molar-refractivity contribution in [2.45, 2.75) is 184 Å². The monoisotopic (exact) mass is 989 g/mol. The summed E-state index contributed by atoms with van der Waals surface area (Å²) in [6, 6.07) is 0. The zero-order valence-electron chi connectivity index (χ0n) is 35.1. The van der Waals surface area contributed by atoms with Gasteiger partial charge in [0, 0.05) is 0 Å². The Bertz CT molecular complexity index is 1350.